The SMILES string of the molecule is COc1cc(/C=C2\CCc3c(Br)cccc32)ccc1CO. The summed E-state index contributed by atoms with van der Waals surface area (Å²) in [5.74, 6) is 0.735. The number of rotatable bonds is 3. The molecule has 108 valence electrons. The highest BCUT2D eigenvalue weighted by molar-refractivity contribution is 9.10. The molecule has 3 rings (SSSR count). The fourth-order valence-corrected chi connectivity index (χ4v) is 3.41. The van der Waals surface area contributed by atoms with Gasteiger partial charge in [0, 0.05) is 10.0 Å². The lowest BCUT2D eigenvalue weighted by molar-refractivity contribution is 0.274. The van der Waals surface area contributed by atoms with Crippen LogP contribution in [0.4, 0.5) is 0 Å². The highest BCUT2D eigenvalue weighted by atomic mass is 79.9. The van der Waals surface area contributed by atoms with E-state index in [0.717, 1.165) is 29.7 Å². The van der Waals surface area contributed by atoms with Crippen molar-refractivity contribution >= 4 is 27.6 Å². The maximum Gasteiger partial charge on any atom is 0.124 e. The predicted molar refractivity (Wildman–Crippen MR) is 89.3 cm³/mol. The second-order valence-corrected chi connectivity index (χ2v) is 6.02. The molecule has 0 atom stereocenters. The van der Waals surface area contributed by atoms with Crippen LogP contribution in [0.25, 0.3) is 11.6 Å². The number of ether oxygens (including phenoxy) is 1. The van der Waals surface area contributed by atoms with Gasteiger partial charge in [-0.3, -0.25) is 0 Å². The quantitative estimate of drug-likeness (QED) is 0.891. The Balaban J connectivity index is 2.00. The van der Waals surface area contributed by atoms with E-state index in [1.165, 1.54) is 21.2 Å². The van der Waals surface area contributed by atoms with Gasteiger partial charge in [-0.25, -0.2) is 0 Å². The van der Waals surface area contributed by atoms with E-state index >= 15 is 0 Å². The van der Waals surface area contributed by atoms with Crippen LogP contribution in [-0.4, -0.2) is 12.2 Å². The van der Waals surface area contributed by atoms with Crippen LogP contribution in [0.1, 0.15) is 28.7 Å². The van der Waals surface area contributed by atoms with Gasteiger partial charge in [-0.15, -0.1) is 0 Å². The molecule has 0 radical (unpaired) electrons. The minimum Gasteiger partial charge on any atom is -0.496 e. The molecule has 0 amide bonds. The summed E-state index contributed by atoms with van der Waals surface area (Å²) in [4.78, 5) is 0. The van der Waals surface area contributed by atoms with Crippen molar-refractivity contribution in [3.8, 4) is 5.75 Å². The fourth-order valence-electron chi connectivity index (χ4n) is 2.84. The normalized spacial score (nSPS) is 15.3. The topological polar surface area (TPSA) is 29.5 Å². The van der Waals surface area contributed by atoms with Crippen molar-refractivity contribution in [2.24, 2.45) is 0 Å². The van der Waals surface area contributed by atoms with Gasteiger partial charge in [0.05, 0.1) is 13.7 Å². The number of fused-ring (bicyclic) bond motifs is 1. The first-order valence-corrected chi connectivity index (χ1v) is 7.78. The molecule has 3 heteroatoms. The highest BCUT2D eigenvalue weighted by Gasteiger charge is 2.18. The zero-order valence-electron chi connectivity index (χ0n) is 11.9. The lowest BCUT2D eigenvalue weighted by Crippen LogP contribution is -1.92. The van der Waals surface area contributed by atoms with Gasteiger partial charge >= 0.3 is 0 Å². The molecule has 0 unspecified atom stereocenters. The summed E-state index contributed by atoms with van der Waals surface area (Å²) in [6, 6.07) is 12.3. The lowest BCUT2D eigenvalue weighted by Gasteiger charge is -2.08. The first-order valence-electron chi connectivity index (χ1n) is 6.99. The molecule has 2 aromatic carbocycles. The van der Waals surface area contributed by atoms with E-state index < -0.39 is 0 Å². The van der Waals surface area contributed by atoms with Crippen molar-refractivity contribution in [3.63, 3.8) is 0 Å². The summed E-state index contributed by atoms with van der Waals surface area (Å²) in [5, 5.41) is 9.28. The smallest absolute Gasteiger partial charge is 0.124 e. The van der Waals surface area contributed by atoms with Gasteiger partial charge < -0.3 is 9.84 Å². The van der Waals surface area contributed by atoms with Crippen LogP contribution in [0, 0.1) is 0 Å². The van der Waals surface area contributed by atoms with Gasteiger partial charge in [0.2, 0.25) is 0 Å². The largest absolute Gasteiger partial charge is 0.496 e. The van der Waals surface area contributed by atoms with E-state index in [1.807, 2.05) is 18.2 Å². The summed E-state index contributed by atoms with van der Waals surface area (Å²) in [5.41, 5.74) is 5.99. The first-order chi connectivity index (χ1) is 10.2. The molecule has 1 aliphatic carbocycles. The number of aliphatic hydroxyl groups excluding tert-OH is 1. The molecule has 0 saturated heterocycles. The second-order valence-electron chi connectivity index (χ2n) is 5.16. The Bertz CT molecular complexity index is 704. The molecule has 2 nitrogen and oxygen atoms in total. The zero-order valence-corrected chi connectivity index (χ0v) is 13.5. The Morgan fingerprint density at radius 3 is 2.86 bits per heavy atom. The van der Waals surface area contributed by atoms with Crippen LogP contribution in [0.2, 0.25) is 0 Å². The standard InChI is InChI=1S/C18H17BrO2/c1-21-18-10-12(5-6-14(18)11-20)9-13-7-8-16-15(13)3-2-4-17(16)19/h2-6,9-10,20H,7-8,11H2,1H3/b13-9+. The minimum absolute atomic E-state index is 0.00416. The number of halogens is 1. The van der Waals surface area contributed by atoms with Crippen LogP contribution >= 0.6 is 15.9 Å². The maximum absolute atomic E-state index is 9.28. The van der Waals surface area contributed by atoms with Crippen LogP contribution in [0.3, 0.4) is 0 Å². The van der Waals surface area contributed by atoms with Crippen LogP contribution in [-0.2, 0) is 13.0 Å². The Morgan fingerprint density at radius 2 is 2.10 bits per heavy atom. The second kappa shape index (κ2) is 6.04. The van der Waals surface area contributed by atoms with E-state index in [2.05, 4.69) is 40.2 Å². The molecule has 0 aliphatic heterocycles. The van der Waals surface area contributed by atoms with E-state index in [4.69, 9.17) is 4.74 Å². The third-order valence-electron chi connectivity index (χ3n) is 3.93. The van der Waals surface area contributed by atoms with Crippen molar-refractivity contribution in [1.29, 1.82) is 0 Å². The molecule has 0 fully saturated rings. The van der Waals surface area contributed by atoms with Gasteiger partial charge in [0.25, 0.3) is 0 Å². The van der Waals surface area contributed by atoms with Gasteiger partial charge in [-0.2, -0.15) is 0 Å². The Morgan fingerprint density at radius 1 is 1.24 bits per heavy atom. The van der Waals surface area contributed by atoms with E-state index in [-0.39, 0.29) is 6.61 Å². The molecular weight excluding hydrogens is 328 g/mol. The number of methoxy groups -OCH3 is 1. The average Bonchev–Trinajstić information content (AvgIpc) is 2.92. The average molecular weight is 345 g/mol. The van der Waals surface area contributed by atoms with Gasteiger partial charge in [0.1, 0.15) is 5.75 Å². The molecule has 0 saturated carbocycles. The van der Waals surface area contributed by atoms with Gasteiger partial charge in [-0.1, -0.05) is 46.3 Å². The van der Waals surface area contributed by atoms with Gasteiger partial charge in [0.15, 0.2) is 0 Å². The first kappa shape index (κ1) is 14.4. The molecule has 0 heterocycles. The third-order valence-corrected chi connectivity index (χ3v) is 4.67. The summed E-state index contributed by atoms with van der Waals surface area (Å²) < 4.78 is 6.52. The molecular formula is C18H17BrO2. The Labute approximate surface area is 133 Å². The summed E-state index contributed by atoms with van der Waals surface area (Å²) >= 11 is 3.63. The molecule has 1 N–H and O–H groups in total. The Hall–Kier alpha value is -1.58. The number of allylic oxidation sites excluding steroid dienone is 1. The summed E-state index contributed by atoms with van der Waals surface area (Å²) in [6.45, 7) is -0.00416. The minimum atomic E-state index is -0.00416. The van der Waals surface area contributed by atoms with Gasteiger partial charge in [-0.05, 0) is 47.2 Å². The van der Waals surface area contributed by atoms with Crippen LogP contribution in [0.15, 0.2) is 40.9 Å². The Kier molecular flexibility index (Phi) is 4.13. The zero-order chi connectivity index (χ0) is 14.8. The number of hydrogen-bond donors (Lipinski definition) is 1. The third kappa shape index (κ3) is 2.76. The molecule has 21 heavy (non-hydrogen) atoms. The van der Waals surface area contributed by atoms with Crippen molar-refractivity contribution < 1.29 is 9.84 Å². The monoisotopic (exact) mass is 344 g/mol. The van der Waals surface area contributed by atoms with Crippen molar-refractivity contribution in [1.82, 2.24) is 0 Å². The number of hydrogen-bond acceptors (Lipinski definition) is 2. The molecule has 0 bridgehead atoms. The van der Waals surface area contributed by atoms with Crippen LogP contribution < -0.4 is 4.74 Å². The van der Waals surface area contributed by atoms with Crippen LogP contribution in [0.5, 0.6) is 5.75 Å². The maximum atomic E-state index is 9.28. The fraction of sp³-hybridized carbons (Fsp3) is 0.222. The number of benzene rings is 2. The molecule has 0 spiro atoms. The molecule has 0 aromatic heterocycles. The predicted octanol–water partition coefficient (Wildman–Crippen LogP) is 4.44. The number of aliphatic hydroxyl groups is 1. The molecule has 1 aliphatic rings. The van der Waals surface area contributed by atoms with E-state index in [0.29, 0.717) is 0 Å². The van der Waals surface area contributed by atoms with E-state index in [1.54, 1.807) is 7.11 Å². The van der Waals surface area contributed by atoms with Crippen molar-refractivity contribution in [3.05, 3.63) is 63.1 Å². The van der Waals surface area contributed by atoms with Crippen molar-refractivity contribution in [2.45, 2.75) is 19.4 Å². The summed E-state index contributed by atoms with van der Waals surface area (Å²) in [7, 11) is 1.63. The van der Waals surface area contributed by atoms with Crippen molar-refractivity contribution in [2.75, 3.05) is 7.11 Å². The lowest BCUT2D eigenvalue weighted by atomic mass is 10.0. The van der Waals surface area contributed by atoms with E-state index in [9.17, 15) is 5.11 Å². The highest BCUT2D eigenvalue weighted by Crippen LogP contribution is 2.37. The summed E-state index contributed by atoms with van der Waals surface area (Å²) in [6.07, 6.45) is 4.35. The molecule has 2 aromatic rings.